The fourth-order valence-electron chi connectivity index (χ4n) is 2.65. The van der Waals surface area contributed by atoms with Gasteiger partial charge in [-0.3, -0.25) is 0 Å². The Morgan fingerprint density at radius 2 is 1.19 bits per heavy atom. The van der Waals surface area contributed by atoms with Crippen molar-refractivity contribution in [2.45, 2.75) is 5.92 Å². The molecule has 0 bridgehead atoms. The zero-order valence-electron chi connectivity index (χ0n) is 11.5. The first-order chi connectivity index (χ1) is 10.3. The van der Waals surface area contributed by atoms with Crippen molar-refractivity contribution < 1.29 is 4.39 Å². The molecule has 0 aliphatic carbocycles. The number of rotatable bonds is 3. The molecule has 0 unspecified atom stereocenters. The fourth-order valence-corrected chi connectivity index (χ4v) is 2.65. The third kappa shape index (κ3) is 2.65. The highest BCUT2D eigenvalue weighted by Gasteiger charge is 2.19. The second-order valence-corrected chi connectivity index (χ2v) is 5.00. The van der Waals surface area contributed by atoms with Gasteiger partial charge < -0.3 is 5.73 Å². The molecule has 3 aromatic rings. The summed E-state index contributed by atoms with van der Waals surface area (Å²) in [5, 5.41) is 0. The van der Waals surface area contributed by atoms with E-state index in [9.17, 15) is 4.39 Å². The number of hydrogen-bond donors (Lipinski definition) is 1. The van der Waals surface area contributed by atoms with E-state index in [1.807, 2.05) is 66.7 Å². The molecule has 0 fully saturated rings. The Labute approximate surface area is 123 Å². The predicted molar refractivity (Wildman–Crippen MR) is 84.6 cm³/mol. The largest absolute Gasteiger partial charge is 0.396 e. The Balaban J connectivity index is 2.20. The van der Waals surface area contributed by atoms with E-state index < -0.39 is 0 Å². The average Bonchev–Trinajstić information content (AvgIpc) is 2.54. The summed E-state index contributed by atoms with van der Waals surface area (Å²) in [6.45, 7) is 0. The minimum atomic E-state index is -0.371. The van der Waals surface area contributed by atoms with Gasteiger partial charge in [0.15, 0.2) is 0 Å². The Kier molecular flexibility index (Phi) is 3.69. The fraction of sp³-hybridized carbons (Fsp3) is 0.0526. The molecule has 0 spiro atoms. The molecule has 0 heterocycles. The summed E-state index contributed by atoms with van der Waals surface area (Å²) in [4.78, 5) is 0. The van der Waals surface area contributed by atoms with Crippen LogP contribution in [0.15, 0.2) is 78.9 Å². The first-order valence-corrected chi connectivity index (χ1v) is 6.91. The summed E-state index contributed by atoms with van der Waals surface area (Å²) in [5.41, 5.74) is 9.20. The van der Waals surface area contributed by atoms with Crippen molar-refractivity contribution in [2.24, 2.45) is 0 Å². The van der Waals surface area contributed by atoms with Crippen LogP contribution in [0.5, 0.6) is 0 Å². The summed E-state index contributed by atoms with van der Waals surface area (Å²) in [5.74, 6) is -0.438. The number of hydrogen-bond acceptors (Lipinski definition) is 1. The second-order valence-electron chi connectivity index (χ2n) is 5.00. The van der Waals surface area contributed by atoms with Crippen molar-refractivity contribution in [1.82, 2.24) is 0 Å². The molecular formula is C19H16FN. The first kappa shape index (κ1) is 13.4. The van der Waals surface area contributed by atoms with Crippen LogP contribution < -0.4 is 5.73 Å². The number of benzene rings is 3. The summed E-state index contributed by atoms with van der Waals surface area (Å²) in [6.07, 6.45) is 0. The van der Waals surface area contributed by atoms with Gasteiger partial charge in [0.2, 0.25) is 0 Å². The molecule has 0 amide bonds. The number of para-hydroxylation sites is 1. The molecule has 3 aromatic carbocycles. The maximum absolute atomic E-state index is 13.8. The van der Waals surface area contributed by atoms with Crippen molar-refractivity contribution in [3.8, 4) is 0 Å². The lowest BCUT2D eigenvalue weighted by Crippen LogP contribution is -2.07. The van der Waals surface area contributed by atoms with E-state index in [0.717, 1.165) is 16.7 Å². The average molecular weight is 277 g/mol. The van der Waals surface area contributed by atoms with Gasteiger partial charge in [-0.05, 0) is 22.8 Å². The van der Waals surface area contributed by atoms with Gasteiger partial charge in [-0.15, -0.1) is 0 Å². The highest BCUT2D eigenvalue weighted by molar-refractivity contribution is 5.56. The van der Waals surface area contributed by atoms with Crippen LogP contribution in [0.4, 0.5) is 10.1 Å². The Morgan fingerprint density at radius 1 is 0.667 bits per heavy atom. The molecule has 2 heteroatoms. The van der Waals surface area contributed by atoms with Crippen LogP contribution in [0.3, 0.4) is 0 Å². The summed E-state index contributed by atoms with van der Waals surface area (Å²) in [7, 11) is 0. The van der Waals surface area contributed by atoms with Crippen molar-refractivity contribution in [3.05, 3.63) is 101 Å². The minimum absolute atomic E-state index is 0.0666. The van der Waals surface area contributed by atoms with Crippen molar-refractivity contribution in [2.75, 3.05) is 5.73 Å². The zero-order chi connectivity index (χ0) is 14.7. The summed E-state index contributed by atoms with van der Waals surface area (Å²) >= 11 is 0. The van der Waals surface area contributed by atoms with Gasteiger partial charge in [-0.25, -0.2) is 4.39 Å². The standard InChI is InChI=1S/C19H16FN/c20-17-13-7-12-16(19(17)21)18(14-8-3-1-4-9-14)15-10-5-2-6-11-15/h1-13,18H,21H2. The lowest BCUT2D eigenvalue weighted by molar-refractivity contribution is 0.630. The Bertz CT molecular complexity index is 684. The Morgan fingerprint density at radius 3 is 1.71 bits per heavy atom. The lowest BCUT2D eigenvalue weighted by Gasteiger charge is -2.20. The van der Waals surface area contributed by atoms with E-state index in [2.05, 4.69) is 0 Å². The van der Waals surface area contributed by atoms with E-state index in [1.54, 1.807) is 6.07 Å². The lowest BCUT2D eigenvalue weighted by atomic mass is 9.84. The molecule has 21 heavy (non-hydrogen) atoms. The quantitative estimate of drug-likeness (QED) is 0.550. The second kappa shape index (κ2) is 5.80. The maximum atomic E-state index is 13.8. The van der Waals surface area contributed by atoms with Crippen molar-refractivity contribution in [3.63, 3.8) is 0 Å². The predicted octanol–water partition coefficient (Wildman–Crippen LogP) is 4.59. The van der Waals surface area contributed by atoms with Crippen LogP contribution in [0.25, 0.3) is 0 Å². The minimum Gasteiger partial charge on any atom is -0.396 e. The molecule has 104 valence electrons. The highest BCUT2D eigenvalue weighted by Crippen LogP contribution is 2.35. The normalized spacial score (nSPS) is 10.8. The smallest absolute Gasteiger partial charge is 0.146 e. The maximum Gasteiger partial charge on any atom is 0.146 e. The van der Waals surface area contributed by atoms with E-state index in [0.29, 0.717) is 0 Å². The number of halogens is 1. The van der Waals surface area contributed by atoms with Gasteiger partial charge >= 0.3 is 0 Å². The van der Waals surface area contributed by atoms with Crippen LogP contribution in [0, 0.1) is 5.82 Å². The monoisotopic (exact) mass is 277 g/mol. The van der Waals surface area contributed by atoms with Crippen LogP contribution >= 0.6 is 0 Å². The topological polar surface area (TPSA) is 26.0 Å². The molecule has 1 nitrogen and oxygen atoms in total. The van der Waals surface area contributed by atoms with Gasteiger partial charge in [-0.1, -0.05) is 72.8 Å². The summed E-state index contributed by atoms with van der Waals surface area (Å²) in [6, 6.07) is 25.1. The third-order valence-electron chi connectivity index (χ3n) is 3.66. The molecule has 0 saturated carbocycles. The van der Waals surface area contributed by atoms with E-state index in [-0.39, 0.29) is 17.4 Å². The zero-order valence-corrected chi connectivity index (χ0v) is 11.5. The van der Waals surface area contributed by atoms with Crippen LogP contribution in [0.1, 0.15) is 22.6 Å². The molecule has 2 N–H and O–H groups in total. The third-order valence-corrected chi connectivity index (χ3v) is 3.66. The van der Waals surface area contributed by atoms with E-state index >= 15 is 0 Å². The SMILES string of the molecule is Nc1c(F)cccc1C(c1ccccc1)c1ccccc1. The van der Waals surface area contributed by atoms with Gasteiger partial charge in [0.05, 0.1) is 5.69 Å². The Hall–Kier alpha value is -2.61. The molecular weight excluding hydrogens is 261 g/mol. The van der Waals surface area contributed by atoms with Crippen LogP contribution in [-0.4, -0.2) is 0 Å². The molecule has 3 rings (SSSR count). The molecule has 0 atom stereocenters. The van der Waals surface area contributed by atoms with Crippen LogP contribution in [0.2, 0.25) is 0 Å². The van der Waals surface area contributed by atoms with Crippen molar-refractivity contribution >= 4 is 5.69 Å². The highest BCUT2D eigenvalue weighted by atomic mass is 19.1. The molecule has 0 aliphatic heterocycles. The molecule has 0 saturated heterocycles. The molecule has 0 radical (unpaired) electrons. The number of nitrogen functional groups attached to an aromatic ring is 1. The number of nitrogens with two attached hydrogens (primary N) is 1. The first-order valence-electron chi connectivity index (χ1n) is 6.91. The van der Waals surface area contributed by atoms with E-state index in [1.165, 1.54) is 6.07 Å². The summed E-state index contributed by atoms with van der Waals surface area (Å²) < 4.78 is 13.8. The number of anilines is 1. The van der Waals surface area contributed by atoms with Crippen molar-refractivity contribution in [1.29, 1.82) is 0 Å². The van der Waals surface area contributed by atoms with Gasteiger partial charge in [0, 0.05) is 5.92 Å². The van der Waals surface area contributed by atoms with Gasteiger partial charge in [-0.2, -0.15) is 0 Å². The van der Waals surface area contributed by atoms with Crippen LogP contribution in [-0.2, 0) is 0 Å². The molecule has 0 aliphatic rings. The molecule has 0 aromatic heterocycles. The van der Waals surface area contributed by atoms with E-state index in [4.69, 9.17) is 5.73 Å². The van der Waals surface area contributed by atoms with Gasteiger partial charge in [0.25, 0.3) is 0 Å². The van der Waals surface area contributed by atoms with Gasteiger partial charge in [0.1, 0.15) is 5.82 Å².